The molecule has 2 amide bonds. The van der Waals surface area contributed by atoms with Gasteiger partial charge in [-0.1, -0.05) is 18.0 Å². The lowest BCUT2D eigenvalue weighted by Crippen LogP contribution is -2.93. The Labute approximate surface area is 197 Å². The Morgan fingerprint density at radius 1 is 1.09 bits per heavy atom. The number of carbonyl (C=O) groups is 2. The number of nitrogens with zero attached hydrogens (tertiary/aromatic N) is 2. The van der Waals surface area contributed by atoms with E-state index in [2.05, 4.69) is 20.6 Å². The van der Waals surface area contributed by atoms with Crippen LogP contribution in [-0.2, 0) is 11.2 Å². The molecular weight excluding hydrogens is 438 g/mol. The van der Waals surface area contributed by atoms with Crippen molar-refractivity contribution in [1.29, 1.82) is 0 Å². The monoisotopic (exact) mass is 462 g/mol. The van der Waals surface area contributed by atoms with Crippen molar-refractivity contribution in [2.75, 3.05) is 10.6 Å². The minimum absolute atomic E-state index is 0.0853. The Morgan fingerprint density at radius 2 is 1.88 bits per heavy atom. The molecule has 2 aliphatic rings. The fourth-order valence-corrected chi connectivity index (χ4v) is 4.65. The summed E-state index contributed by atoms with van der Waals surface area (Å²) >= 11 is 6.11. The molecule has 8 heteroatoms. The Hall–Kier alpha value is -3.29. The molecule has 1 aliphatic heterocycles. The molecule has 7 nitrogen and oxygen atoms in total. The fraction of sp³-hybridized carbons (Fsp3) is 0.280. The van der Waals surface area contributed by atoms with E-state index in [4.69, 9.17) is 11.6 Å². The first-order valence-electron chi connectivity index (χ1n) is 11.3. The van der Waals surface area contributed by atoms with Gasteiger partial charge in [-0.05, 0) is 68.1 Å². The number of halogens is 1. The topological polar surface area (TPSA) is 101 Å². The number of nitrogens with two attached hydrogens (primary N) is 1. The van der Waals surface area contributed by atoms with E-state index in [-0.39, 0.29) is 18.2 Å². The molecular formula is C25H25ClN5O2+. The third-order valence-corrected chi connectivity index (χ3v) is 6.42. The summed E-state index contributed by atoms with van der Waals surface area (Å²) in [5.74, 6) is 0.367. The van der Waals surface area contributed by atoms with Gasteiger partial charge in [0.25, 0.3) is 0 Å². The summed E-state index contributed by atoms with van der Waals surface area (Å²) in [4.78, 5) is 33.9. The van der Waals surface area contributed by atoms with Crippen LogP contribution < -0.4 is 16.0 Å². The fourth-order valence-electron chi connectivity index (χ4n) is 4.48. The van der Waals surface area contributed by atoms with Gasteiger partial charge in [0.05, 0.1) is 29.4 Å². The molecule has 0 radical (unpaired) electrons. The first kappa shape index (κ1) is 21.6. The molecule has 3 aromatic rings. The second kappa shape index (κ2) is 9.29. The predicted octanol–water partition coefficient (Wildman–Crippen LogP) is 4.07. The molecule has 1 fully saturated rings. The summed E-state index contributed by atoms with van der Waals surface area (Å²) in [7, 11) is 0. The van der Waals surface area contributed by atoms with Crippen LogP contribution in [0.25, 0.3) is 11.3 Å². The number of quaternary nitrogens is 1. The largest absolute Gasteiger partial charge is 0.342 e. The van der Waals surface area contributed by atoms with Crippen LogP contribution in [0.5, 0.6) is 0 Å². The summed E-state index contributed by atoms with van der Waals surface area (Å²) in [6.45, 7) is 0. The number of carbonyl (C=O) groups excluding carboxylic acids is 2. The van der Waals surface area contributed by atoms with E-state index in [0.717, 1.165) is 29.7 Å². The van der Waals surface area contributed by atoms with Gasteiger partial charge >= 0.3 is 5.91 Å². The third-order valence-electron chi connectivity index (χ3n) is 6.19. The second-order valence-corrected chi connectivity index (χ2v) is 9.05. The molecule has 33 heavy (non-hydrogen) atoms. The van der Waals surface area contributed by atoms with Crippen LogP contribution in [0.1, 0.15) is 48.0 Å². The summed E-state index contributed by atoms with van der Waals surface area (Å²) < 4.78 is 0. The predicted molar refractivity (Wildman–Crippen MR) is 128 cm³/mol. The molecule has 1 aliphatic carbocycles. The molecule has 2 heterocycles. The van der Waals surface area contributed by atoms with Crippen LogP contribution in [0, 0.1) is 0 Å². The highest BCUT2D eigenvalue weighted by molar-refractivity contribution is 6.31. The van der Waals surface area contributed by atoms with Crippen LogP contribution in [0.3, 0.4) is 0 Å². The zero-order valence-electron chi connectivity index (χ0n) is 18.1. The van der Waals surface area contributed by atoms with Crippen molar-refractivity contribution in [3.05, 3.63) is 64.8 Å². The van der Waals surface area contributed by atoms with Gasteiger partial charge in [-0.15, -0.1) is 0 Å². The number of hydrogen-bond acceptors (Lipinski definition) is 5. The average Bonchev–Trinajstić information content (AvgIpc) is 2.94. The van der Waals surface area contributed by atoms with Gasteiger partial charge in [0, 0.05) is 28.0 Å². The van der Waals surface area contributed by atoms with Gasteiger partial charge in [-0.2, -0.15) is 0 Å². The molecule has 5 rings (SSSR count). The molecule has 0 bridgehead atoms. The minimum Gasteiger partial charge on any atom is -0.325 e. The van der Waals surface area contributed by atoms with E-state index in [1.807, 2.05) is 35.6 Å². The SMILES string of the molecule is O=C1Cc2cnc(Nc3ccc(C(=O)[NH2+]C4CCCCC4)cc3)nc2-c2ccc(Cl)cc2N1. The van der Waals surface area contributed by atoms with Gasteiger partial charge < -0.3 is 10.6 Å². The highest BCUT2D eigenvalue weighted by Crippen LogP contribution is 2.34. The lowest BCUT2D eigenvalue weighted by atomic mass is 9.95. The molecule has 0 saturated heterocycles. The van der Waals surface area contributed by atoms with Crippen LogP contribution in [0.4, 0.5) is 17.3 Å². The summed E-state index contributed by atoms with van der Waals surface area (Å²) in [5, 5.41) is 8.51. The molecule has 0 spiro atoms. The van der Waals surface area contributed by atoms with Crippen molar-refractivity contribution < 1.29 is 14.9 Å². The van der Waals surface area contributed by atoms with Crippen molar-refractivity contribution in [3.8, 4) is 11.3 Å². The molecule has 1 saturated carbocycles. The van der Waals surface area contributed by atoms with E-state index in [0.29, 0.717) is 34.0 Å². The number of aromatic nitrogens is 2. The number of fused-ring (bicyclic) bond motifs is 3. The van der Waals surface area contributed by atoms with Gasteiger partial charge in [-0.3, -0.25) is 10.1 Å². The lowest BCUT2D eigenvalue weighted by molar-refractivity contribution is -0.597. The quantitative estimate of drug-likeness (QED) is 0.542. The minimum atomic E-state index is -0.133. The smallest absolute Gasteiger partial charge is 0.325 e. The zero-order chi connectivity index (χ0) is 22.8. The number of amides is 2. The Kier molecular flexibility index (Phi) is 6.07. The highest BCUT2D eigenvalue weighted by Gasteiger charge is 2.22. The standard InChI is InChI=1S/C25H24ClN5O2/c26-17-8-11-20-21(13-17)30-22(32)12-16-14-27-25(31-23(16)20)29-19-9-6-15(7-10-19)24(33)28-18-4-2-1-3-5-18/h6-11,13-14,18H,1-5,12H2,(H,28,33)(H,30,32)(H,27,29,31)/p+1. The van der Waals surface area contributed by atoms with Crippen LogP contribution in [-0.4, -0.2) is 27.8 Å². The van der Waals surface area contributed by atoms with Gasteiger partial charge in [0.1, 0.15) is 0 Å². The normalized spacial score (nSPS) is 15.7. The highest BCUT2D eigenvalue weighted by atomic mass is 35.5. The first-order valence-corrected chi connectivity index (χ1v) is 11.6. The van der Waals surface area contributed by atoms with E-state index in [1.165, 1.54) is 19.3 Å². The summed E-state index contributed by atoms with van der Waals surface area (Å²) in [5.41, 5.74) is 4.33. The van der Waals surface area contributed by atoms with E-state index < -0.39 is 0 Å². The van der Waals surface area contributed by atoms with E-state index >= 15 is 0 Å². The Balaban J connectivity index is 1.34. The van der Waals surface area contributed by atoms with Crippen molar-refractivity contribution in [1.82, 2.24) is 9.97 Å². The number of nitrogens with one attached hydrogen (secondary N) is 2. The maximum absolute atomic E-state index is 12.6. The van der Waals surface area contributed by atoms with Crippen LogP contribution in [0.15, 0.2) is 48.7 Å². The zero-order valence-corrected chi connectivity index (χ0v) is 18.9. The molecule has 168 valence electrons. The Morgan fingerprint density at radius 3 is 2.67 bits per heavy atom. The number of rotatable bonds is 4. The van der Waals surface area contributed by atoms with Crippen molar-refractivity contribution in [3.63, 3.8) is 0 Å². The third kappa shape index (κ3) is 4.89. The molecule has 0 unspecified atom stereocenters. The number of anilines is 3. The molecule has 4 N–H and O–H groups in total. The van der Waals surface area contributed by atoms with Gasteiger partial charge in [0.2, 0.25) is 11.9 Å². The summed E-state index contributed by atoms with van der Waals surface area (Å²) in [6.07, 6.45) is 7.77. The van der Waals surface area contributed by atoms with Gasteiger partial charge in [0.15, 0.2) is 0 Å². The van der Waals surface area contributed by atoms with E-state index in [1.54, 1.807) is 18.3 Å². The Bertz CT molecular complexity index is 1210. The number of primary amides is 1. The molecule has 1 aromatic heterocycles. The number of benzene rings is 2. The van der Waals surface area contributed by atoms with Crippen molar-refractivity contribution in [2.45, 2.75) is 44.6 Å². The number of hydrogen-bond donors (Lipinski definition) is 3. The maximum atomic E-state index is 12.6. The van der Waals surface area contributed by atoms with Crippen molar-refractivity contribution in [2.24, 2.45) is 0 Å². The van der Waals surface area contributed by atoms with E-state index in [9.17, 15) is 9.59 Å². The second-order valence-electron chi connectivity index (χ2n) is 8.61. The van der Waals surface area contributed by atoms with Crippen molar-refractivity contribution >= 4 is 40.7 Å². The summed E-state index contributed by atoms with van der Waals surface area (Å²) in [6, 6.07) is 13.1. The van der Waals surface area contributed by atoms with Crippen LogP contribution in [0.2, 0.25) is 5.02 Å². The molecule has 2 aromatic carbocycles. The first-order chi connectivity index (χ1) is 16.0. The maximum Gasteiger partial charge on any atom is 0.342 e. The van der Waals surface area contributed by atoms with Crippen LogP contribution >= 0.6 is 11.6 Å². The average molecular weight is 463 g/mol. The van der Waals surface area contributed by atoms with Gasteiger partial charge in [-0.25, -0.2) is 14.8 Å². The molecule has 0 atom stereocenters. The lowest BCUT2D eigenvalue weighted by Gasteiger charge is -2.18.